The normalized spacial score (nSPS) is 19.3. The number of hydrogen-bond acceptors (Lipinski definition) is 3. The summed E-state index contributed by atoms with van der Waals surface area (Å²) in [6.45, 7) is 10.8. The number of aliphatic imine (C=N–C) groups is 1. The summed E-state index contributed by atoms with van der Waals surface area (Å²) in [5, 5.41) is 3.47. The van der Waals surface area contributed by atoms with Crippen LogP contribution in [0.1, 0.15) is 25.3 Å². The number of ether oxygens (including phenoxy) is 1. The van der Waals surface area contributed by atoms with Crippen LogP contribution in [0.15, 0.2) is 47.0 Å². The Morgan fingerprint density at radius 3 is 2.65 bits per heavy atom. The molecule has 0 aromatic heterocycles. The number of nitrogens with zero attached hydrogens (tertiary/aromatic N) is 3. The first kappa shape index (κ1) is 18.9. The first-order valence-electron chi connectivity index (χ1n) is 9.90. The van der Waals surface area contributed by atoms with Crippen molar-refractivity contribution >= 4 is 5.96 Å². The predicted octanol–water partition coefficient (Wildman–Crippen LogP) is 2.51. The molecule has 0 saturated carbocycles. The summed E-state index contributed by atoms with van der Waals surface area (Å²) in [6, 6.07) is 10.7. The summed E-state index contributed by atoms with van der Waals surface area (Å²) in [5.41, 5.74) is 2.88. The summed E-state index contributed by atoms with van der Waals surface area (Å²) in [5.74, 6) is 1.07. The largest absolute Gasteiger partial charge is 0.377 e. The first-order chi connectivity index (χ1) is 12.8. The summed E-state index contributed by atoms with van der Waals surface area (Å²) in [6.07, 6.45) is 4.32. The lowest BCUT2D eigenvalue weighted by Gasteiger charge is -2.36. The van der Waals surface area contributed by atoms with Gasteiger partial charge >= 0.3 is 0 Å². The van der Waals surface area contributed by atoms with Gasteiger partial charge in [-0.15, -0.1) is 0 Å². The van der Waals surface area contributed by atoms with Gasteiger partial charge in [0.25, 0.3) is 0 Å². The minimum absolute atomic E-state index is 0.766. The van der Waals surface area contributed by atoms with Crippen LogP contribution in [0.3, 0.4) is 0 Å². The van der Waals surface area contributed by atoms with Crippen LogP contribution in [-0.4, -0.2) is 68.2 Å². The molecular weight excluding hydrogens is 324 g/mol. The average molecular weight is 357 g/mol. The lowest BCUT2D eigenvalue weighted by Crippen LogP contribution is -2.52. The highest BCUT2D eigenvalue weighted by Gasteiger charge is 2.19. The number of piperazine rings is 1. The summed E-state index contributed by atoms with van der Waals surface area (Å²) in [4.78, 5) is 9.81. The second kappa shape index (κ2) is 10.3. The van der Waals surface area contributed by atoms with E-state index >= 15 is 0 Å². The summed E-state index contributed by atoms with van der Waals surface area (Å²) >= 11 is 0. The molecule has 1 saturated heterocycles. The molecule has 0 unspecified atom stereocenters. The van der Waals surface area contributed by atoms with Gasteiger partial charge in [-0.2, -0.15) is 0 Å². The van der Waals surface area contributed by atoms with Crippen molar-refractivity contribution in [1.82, 2.24) is 15.1 Å². The van der Waals surface area contributed by atoms with Gasteiger partial charge in [0.05, 0.1) is 13.2 Å². The standard InChI is InChI=1S/C21H32N4O/c1-2-22-21(23-11-8-19-9-16-26-17-10-19)25-14-12-24(13-15-25)18-20-6-4-3-5-7-20/h3-7,9H,2,8,10-18H2,1H3,(H,22,23). The molecular formula is C21H32N4O. The molecule has 142 valence electrons. The first-order valence-corrected chi connectivity index (χ1v) is 9.90. The Bertz CT molecular complexity index is 591. The molecule has 0 bridgehead atoms. The SMILES string of the molecule is CCNC(=NCCC1=CCOCC1)N1CCN(Cc2ccccc2)CC1. The molecule has 5 heteroatoms. The molecule has 2 aliphatic heterocycles. The molecule has 2 aliphatic rings. The zero-order chi connectivity index (χ0) is 18.0. The zero-order valence-corrected chi connectivity index (χ0v) is 16.0. The van der Waals surface area contributed by atoms with Gasteiger partial charge in [0, 0.05) is 45.8 Å². The molecule has 0 radical (unpaired) electrons. The monoisotopic (exact) mass is 356 g/mol. The van der Waals surface area contributed by atoms with Gasteiger partial charge < -0.3 is 15.0 Å². The minimum Gasteiger partial charge on any atom is -0.377 e. The van der Waals surface area contributed by atoms with Gasteiger partial charge in [-0.1, -0.05) is 42.0 Å². The Balaban J connectivity index is 1.47. The number of benzene rings is 1. The van der Waals surface area contributed by atoms with Crippen molar-refractivity contribution in [1.29, 1.82) is 0 Å². The molecule has 1 aromatic rings. The van der Waals surface area contributed by atoms with Crippen LogP contribution in [0.4, 0.5) is 0 Å². The number of guanidine groups is 1. The minimum atomic E-state index is 0.766. The fraction of sp³-hybridized carbons (Fsp3) is 0.571. The van der Waals surface area contributed by atoms with Crippen LogP contribution in [-0.2, 0) is 11.3 Å². The molecule has 0 spiro atoms. The van der Waals surface area contributed by atoms with Crippen molar-refractivity contribution < 1.29 is 4.74 Å². The van der Waals surface area contributed by atoms with Crippen molar-refractivity contribution in [2.24, 2.45) is 4.99 Å². The van der Waals surface area contributed by atoms with Crippen LogP contribution in [0.2, 0.25) is 0 Å². The Kier molecular flexibility index (Phi) is 7.52. The van der Waals surface area contributed by atoms with Crippen LogP contribution in [0.25, 0.3) is 0 Å². The van der Waals surface area contributed by atoms with Crippen molar-refractivity contribution in [2.75, 3.05) is 52.5 Å². The smallest absolute Gasteiger partial charge is 0.194 e. The average Bonchev–Trinajstić information content (AvgIpc) is 2.70. The third-order valence-corrected chi connectivity index (χ3v) is 5.01. The molecule has 0 amide bonds. The van der Waals surface area contributed by atoms with Gasteiger partial charge in [-0.05, 0) is 25.3 Å². The molecule has 0 atom stereocenters. The van der Waals surface area contributed by atoms with Crippen LogP contribution >= 0.6 is 0 Å². The lowest BCUT2D eigenvalue weighted by molar-refractivity contribution is 0.153. The summed E-state index contributed by atoms with van der Waals surface area (Å²) < 4.78 is 5.38. The van der Waals surface area contributed by atoms with Crippen molar-refractivity contribution in [3.8, 4) is 0 Å². The second-order valence-electron chi connectivity index (χ2n) is 6.92. The van der Waals surface area contributed by atoms with E-state index < -0.39 is 0 Å². The van der Waals surface area contributed by atoms with E-state index in [1.165, 1.54) is 11.1 Å². The highest BCUT2D eigenvalue weighted by atomic mass is 16.5. The predicted molar refractivity (Wildman–Crippen MR) is 107 cm³/mol. The van der Waals surface area contributed by atoms with E-state index in [9.17, 15) is 0 Å². The molecule has 1 N–H and O–H groups in total. The highest BCUT2D eigenvalue weighted by molar-refractivity contribution is 5.80. The molecule has 3 rings (SSSR count). The number of hydrogen-bond donors (Lipinski definition) is 1. The van der Waals surface area contributed by atoms with Gasteiger partial charge in [-0.3, -0.25) is 9.89 Å². The molecule has 1 fully saturated rings. The fourth-order valence-corrected chi connectivity index (χ4v) is 3.48. The van der Waals surface area contributed by atoms with E-state index in [1.807, 2.05) is 0 Å². The van der Waals surface area contributed by atoms with Gasteiger partial charge in [-0.25, -0.2) is 0 Å². The Hall–Kier alpha value is -1.85. The van der Waals surface area contributed by atoms with E-state index in [0.29, 0.717) is 0 Å². The van der Waals surface area contributed by atoms with E-state index in [-0.39, 0.29) is 0 Å². The molecule has 26 heavy (non-hydrogen) atoms. The fourth-order valence-electron chi connectivity index (χ4n) is 3.48. The Morgan fingerprint density at radius 2 is 1.96 bits per heavy atom. The van der Waals surface area contributed by atoms with Gasteiger partial charge in [0.15, 0.2) is 5.96 Å². The maximum atomic E-state index is 5.38. The number of rotatable bonds is 6. The molecule has 0 aliphatic carbocycles. The van der Waals surface area contributed by atoms with E-state index in [1.54, 1.807) is 0 Å². The second-order valence-corrected chi connectivity index (χ2v) is 6.92. The van der Waals surface area contributed by atoms with E-state index in [2.05, 4.69) is 58.4 Å². The van der Waals surface area contributed by atoms with Crippen molar-refractivity contribution in [3.63, 3.8) is 0 Å². The quantitative estimate of drug-likeness (QED) is 0.483. The summed E-state index contributed by atoms with van der Waals surface area (Å²) in [7, 11) is 0. The van der Waals surface area contributed by atoms with Gasteiger partial charge in [0.1, 0.15) is 0 Å². The van der Waals surface area contributed by atoms with Crippen molar-refractivity contribution in [2.45, 2.75) is 26.3 Å². The zero-order valence-electron chi connectivity index (χ0n) is 16.0. The Labute approximate surface area is 157 Å². The lowest BCUT2D eigenvalue weighted by atomic mass is 10.1. The highest BCUT2D eigenvalue weighted by Crippen LogP contribution is 2.12. The third-order valence-electron chi connectivity index (χ3n) is 5.01. The van der Waals surface area contributed by atoms with Crippen LogP contribution in [0.5, 0.6) is 0 Å². The van der Waals surface area contributed by atoms with Crippen molar-refractivity contribution in [3.05, 3.63) is 47.5 Å². The van der Waals surface area contributed by atoms with Gasteiger partial charge in [0.2, 0.25) is 0 Å². The maximum absolute atomic E-state index is 5.38. The van der Waals surface area contributed by atoms with E-state index in [0.717, 1.165) is 77.8 Å². The topological polar surface area (TPSA) is 40.1 Å². The van der Waals surface area contributed by atoms with E-state index in [4.69, 9.17) is 9.73 Å². The molecule has 2 heterocycles. The molecule has 1 aromatic carbocycles. The van der Waals surface area contributed by atoms with Crippen LogP contribution < -0.4 is 5.32 Å². The third kappa shape index (κ3) is 5.85. The number of nitrogens with one attached hydrogen (secondary N) is 1. The van der Waals surface area contributed by atoms with Crippen LogP contribution in [0, 0.1) is 0 Å². The maximum Gasteiger partial charge on any atom is 0.194 e. The molecule has 5 nitrogen and oxygen atoms in total. The Morgan fingerprint density at radius 1 is 1.15 bits per heavy atom.